The summed E-state index contributed by atoms with van der Waals surface area (Å²) in [6.45, 7) is 23.4. The fraction of sp³-hybridized carbons (Fsp3) is 0.750. The van der Waals surface area contributed by atoms with Crippen molar-refractivity contribution in [1.82, 2.24) is 0 Å². The molecule has 0 aliphatic carbocycles. The third-order valence-corrected chi connectivity index (χ3v) is 9.67. The maximum absolute atomic E-state index is 6.39. The van der Waals surface area contributed by atoms with Crippen molar-refractivity contribution < 1.29 is 13.0 Å². The highest BCUT2D eigenvalue weighted by atomic mass is 28.5. The molecule has 0 bridgehead atoms. The first kappa shape index (κ1) is 20.8. The lowest BCUT2D eigenvalue weighted by Crippen LogP contribution is -2.53. The van der Waals surface area contributed by atoms with Gasteiger partial charge in [0.2, 0.25) is 0 Å². The summed E-state index contributed by atoms with van der Waals surface area (Å²) in [5.74, 6) is 0.877. The van der Waals surface area contributed by atoms with Gasteiger partial charge in [0.25, 0.3) is 0 Å². The summed E-state index contributed by atoms with van der Waals surface area (Å²) in [5.41, 5.74) is 3.69. The molecule has 0 aliphatic rings. The third-order valence-electron chi connectivity index (χ3n) is 3.42. The first-order valence-corrected chi connectivity index (χ1v) is 12.7. The molecule has 0 aromatic rings. The Morgan fingerprint density at radius 2 is 1.43 bits per heavy atom. The van der Waals surface area contributed by atoms with Gasteiger partial charge in [0, 0.05) is 6.61 Å². The van der Waals surface area contributed by atoms with E-state index in [1.54, 1.807) is 0 Å². The Hall–Kier alpha value is -0.206. The Morgan fingerprint density at radius 3 is 1.76 bits per heavy atom. The molecule has 2 unspecified atom stereocenters. The van der Waals surface area contributed by atoms with Gasteiger partial charge in [-0.05, 0) is 31.4 Å². The summed E-state index contributed by atoms with van der Waals surface area (Å²) in [5, 5.41) is 0. The monoisotopic (exact) mass is 330 g/mol. The molecule has 0 amide bonds. The predicted molar refractivity (Wildman–Crippen MR) is 95.5 cm³/mol. The lowest BCUT2D eigenvalue weighted by atomic mass is 9.97. The van der Waals surface area contributed by atoms with E-state index < -0.39 is 17.1 Å². The van der Waals surface area contributed by atoms with E-state index in [-0.39, 0.29) is 6.10 Å². The third kappa shape index (κ3) is 7.06. The SMILES string of the molecule is C=C[Si](C)(OCCC)O[Si](C)(C=C)OC(C(C)C)C(C)C. The van der Waals surface area contributed by atoms with E-state index in [1.807, 2.05) is 24.5 Å². The van der Waals surface area contributed by atoms with Crippen molar-refractivity contribution in [2.24, 2.45) is 11.8 Å². The molecule has 21 heavy (non-hydrogen) atoms. The van der Waals surface area contributed by atoms with Crippen LogP contribution in [-0.2, 0) is 13.0 Å². The molecule has 3 nitrogen and oxygen atoms in total. The van der Waals surface area contributed by atoms with Crippen LogP contribution in [0, 0.1) is 11.8 Å². The van der Waals surface area contributed by atoms with Crippen LogP contribution in [-0.4, -0.2) is 29.8 Å². The lowest BCUT2D eigenvalue weighted by molar-refractivity contribution is 0.0719. The molecular formula is C16H34O3Si2. The highest BCUT2D eigenvalue weighted by Crippen LogP contribution is 2.25. The van der Waals surface area contributed by atoms with Gasteiger partial charge in [-0.25, -0.2) is 0 Å². The van der Waals surface area contributed by atoms with Gasteiger partial charge in [0.15, 0.2) is 0 Å². The number of rotatable bonds is 11. The van der Waals surface area contributed by atoms with Crippen molar-refractivity contribution in [3.8, 4) is 0 Å². The Morgan fingerprint density at radius 1 is 0.952 bits per heavy atom. The largest absolute Gasteiger partial charge is 0.409 e. The number of hydrogen-bond donors (Lipinski definition) is 0. The van der Waals surface area contributed by atoms with Gasteiger partial charge in [0.1, 0.15) is 0 Å². The zero-order valence-corrected chi connectivity index (χ0v) is 16.9. The molecular weight excluding hydrogens is 296 g/mol. The van der Waals surface area contributed by atoms with Crippen molar-refractivity contribution in [1.29, 1.82) is 0 Å². The maximum atomic E-state index is 6.39. The summed E-state index contributed by atoms with van der Waals surface area (Å²) in [7, 11) is -4.90. The van der Waals surface area contributed by atoms with Crippen LogP contribution < -0.4 is 0 Å². The van der Waals surface area contributed by atoms with E-state index >= 15 is 0 Å². The summed E-state index contributed by atoms with van der Waals surface area (Å²) in [6, 6.07) is 0. The van der Waals surface area contributed by atoms with E-state index in [0.717, 1.165) is 6.42 Å². The minimum atomic E-state index is -2.49. The minimum absolute atomic E-state index is 0.161. The van der Waals surface area contributed by atoms with E-state index in [4.69, 9.17) is 13.0 Å². The van der Waals surface area contributed by atoms with E-state index in [0.29, 0.717) is 18.4 Å². The van der Waals surface area contributed by atoms with Crippen LogP contribution in [0.2, 0.25) is 13.1 Å². The lowest BCUT2D eigenvalue weighted by Gasteiger charge is -2.38. The Balaban J connectivity index is 5.08. The fourth-order valence-electron chi connectivity index (χ4n) is 2.26. The van der Waals surface area contributed by atoms with Gasteiger partial charge in [-0.3, -0.25) is 0 Å². The van der Waals surface area contributed by atoms with Crippen LogP contribution >= 0.6 is 0 Å². The van der Waals surface area contributed by atoms with Crippen molar-refractivity contribution in [2.45, 2.75) is 60.2 Å². The standard InChI is InChI=1S/C16H34O3Si2/c1-10-13-17-20(8,11-2)19-21(9,12-3)18-16(14(4)5)15(6)7/h11-12,14-16H,2-3,10,13H2,1,4-9H3. The second-order valence-electron chi connectivity index (χ2n) is 6.46. The smallest absolute Gasteiger partial charge is 0.352 e. The molecule has 0 aliphatic heterocycles. The van der Waals surface area contributed by atoms with Crippen LogP contribution in [0.1, 0.15) is 41.0 Å². The van der Waals surface area contributed by atoms with Gasteiger partial charge in [-0.2, -0.15) is 0 Å². The van der Waals surface area contributed by atoms with Crippen LogP contribution in [0.25, 0.3) is 0 Å². The molecule has 5 heteroatoms. The van der Waals surface area contributed by atoms with E-state index in [1.165, 1.54) is 0 Å². The van der Waals surface area contributed by atoms with Gasteiger partial charge in [0.05, 0.1) is 6.10 Å². The Bertz CT molecular complexity index is 325. The van der Waals surface area contributed by atoms with E-state index in [2.05, 4.69) is 47.8 Å². The second kappa shape index (κ2) is 9.05. The highest BCUT2D eigenvalue weighted by molar-refractivity contribution is 6.84. The van der Waals surface area contributed by atoms with E-state index in [9.17, 15) is 0 Å². The second-order valence-corrected chi connectivity index (χ2v) is 12.7. The molecule has 0 aromatic heterocycles. The first-order chi connectivity index (χ1) is 9.63. The molecule has 0 N–H and O–H groups in total. The van der Waals surface area contributed by atoms with Gasteiger partial charge >= 0.3 is 17.1 Å². The molecule has 0 aromatic carbocycles. The van der Waals surface area contributed by atoms with Crippen LogP contribution in [0.3, 0.4) is 0 Å². The molecule has 2 atom stereocenters. The van der Waals surface area contributed by atoms with Crippen molar-refractivity contribution >= 4 is 17.1 Å². The minimum Gasteiger partial charge on any atom is -0.409 e. The molecule has 0 rings (SSSR count). The normalized spacial score (nSPS) is 17.8. The van der Waals surface area contributed by atoms with Crippen molar-refractivity contribution in [3.05, 3.63) is 24.6 Å². The van der Waals surface area contributed by atoms with Crippen LogP contribution in [0.5, 0.6) is 0 Å². The Kier molecular flexibility index (Phi) is 8.96. The first-order valence-electron chi connectivity index (χ1n) is 7.92. The maximum Gasteiger partial charge on any atom is 0.352 e. The van der Waals surface area contributed by atoms with Gasteiger partial charge in [-0.1, -0.05) is 46.0 Å². The van der Waals surface area contributed by atoms with Gasteiger partial charge < -0.3 is 13.0 Å². The molecule has 0 radical (unpaired) electrons. The molecule has 124 valence electrons. The average Bonchev–Trinajstić information content (AvgIpc) is 2.42. The summed E-state index contributed by atoms with van der Waals surface area (Å²) < 4.78 is 18.7. The zero-order chi connectivity index (χ0) is 16.7. The van der Waals surface area contributed by atoms with Gasteiger partial charge in [-0.15, -0.1) is 13.2 Å². The van der Waals surface area contributed by atoms with Crippen molar-refractivity contribution in [2.75, 3.05) is 6.61 Å². The molecule has 0 saturated heterocycles. The predicted octanol–water partition coefficient (Wildman–Crippen LogP) is 4.72. The highest BCUT2D eigenvalue weighted by Gasteiger charge is 2.42. The quantitative estimate of drug-likeness (QED) is 0.513. The molecule has 0 heterocycles. The molecule has 0 spiro atoms. The molecule has 0 fully saturated rings. The zero-order valence-electron chi connectivity index (χ0n) is 14.9. The topological polar surface area (TPSA) is 27.7 Å². The fourth-order valence-corrected chi connectivity index (χ4v) is 8.49. The Labute approximate surface area is 133 Å². The van der Waals surface area contributed by atoms with Crippen LogP contribution in [0.15, 0.2) is 24.6 Å². The van der Waals surface area contributed by atoms with Crippen molar-refractivity contribution in [3.63, 3.8) is 0 Å². The molecule has 0 saturated carbocycles. The summed E-state index contributed by atoms with van der Waals surface area (Å²) >= 11 is 0. The summed E-state index contributed by atoms with van der Waals surface area (Å²) in [4.78, 5) is 0. The van der Waals surface area contributed by atoms with Crippen LogP contribution in [0.4, 0.5) is 0 Å². The summed E-state index contributed by atoms with van der Waals surface area (Å²) in [6.07, 6.45) is 1.13. The number of hydrogen-bond acceptors (Lipinski definition) is 3. The average molecular weight is 331 g/mol.